The Bertz CT molecular complexity index is 912. The van der Waals surface area contributed by atoms with Gasteiger partial charge in [-0.25, -0.2) is 0 Å². The van der Waals surface area contributed by atoms with Crippen LogP contribution in [-0.4, -0.2) is 42.7 Å². The Hall–Kier alpha value is -3.00. The SMILES string of the molecule is CN(C)C(=O)Sc1ccccc1NC(=O)COc1cccc(NC(=O)C2CC2)c1. The first-order valence-corrected chi connectivity index (χ1v) is 10.1. The largest absolute Gasteiger partial charge is 0.484 e. The van der Waals surface area contributed by atoms with Gasteiger partial charge in [0.15, 0.2) is 6.61 Å². The van der Waals surface area contributed by atoms with Gasteiger partial charge in [0.05, 0.1) is 5.69 Å². The van der Waals surface area contributed by atoms with E-state index in [2.05, 4.69) is 10.6 Å². The van der Waals surface area contributed by atoms with Crippen molar-refractivity contribution < 1.29 is 19.1 Å². The van der Waals surface area contributed by atoms with Crippen LogP contribution in [0, 0.1) is 5.92 Å². The molecule has 8 heteroatoms. The number of nitrogens with one attached hydrogen (secondary N) is 2. The molecule has 0 bridgehead atoms. The highest BCUT2D eigenvalue weighted by Gasteiger charge is 2.29. The fourth-order valence-electron chi connectivity index (χ4n) is 2.43. The molecule has 1 aliphatic rings. The Morgan fingerprint density at radius 3 is 2.55 bits per heavy atom. The van der Waals surface area contributed by atoms with Crippen molar-refractivity contribution in [1.82, 2.24) is 4.90 Å². The van der Waals surface area contributed by atoms with Crippen LogP contribution in [0.5, 0.6) is 5.75 Å². The van der Waals surface area contributed by atoms with E-state index in [9.17, 15) is 14.4 Å². The molecule has 1 saturated carbocycles. The molecule has 3 rings (SSSR count). The van der Waals surface area contributed by atoms with Crippen LogP contribution >= 0.6 is 11.8 Å². The molecule has 0 heterocycles. The number of nitrogens with zero attached hydrogens (tertiary/aromatic N) is 1. The van der Waals surface area contributed by atoms with E-state index in [0.717, 1.165) is 24.6 Å². The number of hydrogen-bond donors (Lipinski definition) is 2. The summed E-state index contributed by atoms with van der Waals surface area (Å²) in [6.45, 7) is -0.194. The summed E-state index contributed by atoms with van der Waals surface area (Å²) >= 11 is 1.04. The molecular weight excluding hydrogens is 390 g/mol. The molecule has 152 valence electrons. The third kappa shape index (κ3) is 6.25. The van der Waals surface area contributed by atoms with Gasteiger partial charge in [0.25, 0.3) is 11.1 Å². The van der Waals surface area contributed by atoms with E-state index in [-0.39, 0.29) is 29.6 Å². The Kier molecular flexibility index (Phi) is 6.77. The molecule has 0 aromatic heterocycles. The van der Waals surface area contributed by atoms with Crippen molar-refractivity contribution >= 4 is 40.2 Å². The van der Waals surface area contributed by atoms with Gasteiger partial charge < -0.3 is 20.3 Å². The van der Waals surface area contributed by atoms with E-state index in [1.54, 1.807) is 62.6 Å². The smallest absolute Gasteiger partial charge is 0.286 e. The van der Waals surface area contributed by atoms with Crippen LogP contribution in [0.4, 0.5) is 16.2 Å². The first kappa shape index (κ1) is 20.7. The first-order chi connectivity index (χ1) is 13.9. The number of carbonyl (C=O) groups excluding carboxylic acids is 3. The Morgan fingerprint density at radius 1 is 1.07 bits per heavy atom. The van der Waals surface area contributed by atoms with Crippen molar-refractivity contribution in [1.29, 1.82) is 0 Å². The molecule has 0 aliphatic heterocycles. The van der Waals surface area contributed by atoms with Crippen molar-refractivity contribution in [3.63, 3.8) is 0 Å². The number of rotatable bonds is 7. The number of anilines is 2. The topological polar surface area (TPSA) is 87.7 Å². The highest BCUT2D eigenvalue weighted by Crippen LogP contribution is 2.31. The summed E-state index contributed by atoms with van der Waals surface area (Å²) in [4.78, 5) is 38.2. The van der Waals surface area contributed by atoms with Gasteiger partial charge in [0, 0.05) is 36.7 Å². The highest BCUT2D eigenvalue weighted by molar-refractivity contribution is 8.13. The first-order valence-electron chi connectivity index (χ1n) is 9.24. The van der Waals surface area contributed by atoms with E-state index in [1.807, 2.05) is 0 Å². The van der Waals surface area contributed by atoms with E-state index in [4.69, 9.17) is 4.74 Å². The van der Waals surface area contributed by atoms with Gasteiger partial charge in [-0.3, -0.25) is 14.4 Å². The van der Waals surface area contributed by atoms with Crippen molar-refractivity contribution in [2.45, 2.75) is 17.7 Å². The summed E-state index contributed by atoms with van der Waals surface area (Å²) in [5.41, 5.74) is 1.19. The predicted octanol–water partition coefficient (Wildman–Crippen LogP) is 3.83. The number of thioether (sulfide) groups is 1. The van der Waals surface area contributed by atoms with Gasteiger partial charge in [-0.15, -0.1) is 0 Å². The molecule has 0 saturated heterocycles. The van der Waals surface area contributed by atoms with Crippen LogP contribution < -0.4 is 15.4 Å². The maximum Gasteiger partial charge on any atom is 0.286 e. The highest BCUT2D eigenvalue weighted by atomic mass is 32.2. The minimum atomic E-state index is -0.345. The molecule has 3 amide bonds. The quantitative estimate of drug-likeness (QED) is 0.674. The summed E-state index contributed by atoms with van der Waals surface area (Å²) in [6.07, 6.45) is 1.87. The molecule has 2 N–H and O–H groups in total. The lowest BCUT2D eigenvalue weighted by molar-refractivity contribution is -0.118. The second-order valence-corrected chi connectivity index (χ2v) is 7.88. The van der Waals surface area contributed by atoms with Crippen LogP contribution in [0.25, 0.3) is 0 Å². The Morgan fingerprint density at radius 2 is 1.83 bits per heavy atom. The van der Waals surface area contributed by atoms with Gasteiger partial charge >= 0.3 is 0 Å². The minimum Gasteiger partial charge on any atom is -0.484 e. The molecule has 2 aromatic rings. The predicted molar refractivity (Wildman–Crippen MR) is 113 cm³/mol. The minimum absolute atomic E-state index is 0.0151. The van der Waals surface area contributed by atoms with Crippen LogP contribution in [0.2, 0.25) is 0 Å². The summed E-state index contributed by atoms with van der Waals surface area (Å²) < 4.78 is 5.55. The number of hydrogen-bond acceptors (Lipinski definition) is 5. The van der Waals surface area contributed by atoms with Gasteiger partial charge in [0.2, 0.25) is 5.91 Å². The maximum absolute atomic E-state index is 12.3. The maximum atomic E-state index is 12.3. The van der Waals surface area contributed by atoms with Crippen LogP contribution in [0.1, 0.15) is 12.8 Å². The number of amides is 3. The van der Waals surface area contributed by atoms with Crippen molar-refractivity contribution in [2.75, 3.05) is 31.3 Å². The van der Waals surface area contributed by atoms with Crippen LogP contribution in [-0.2, 0) is 9.59 Å². The molecule has 0 spiro atoms. The third-order valence-electron chi connectivity index (χ3n) is 4.14. The number of carbonyl (C=O) groups is 3. The van der Waals surface area contributed by atoms with Crippen LogP contribution in [0.15, 0.2) is 53.4 Å². The number of benzene rings is 2. The second kappa shape index (κ2) is 9.47. The molecule has 2 aromatic carbocycles. The van der Waals surface area contributed by atoms with Crippen molar-refractivity contribution in [2.24, 2.45) is 5.92 Å². The third-order valence-corrected chi connectivity index (χ3v) is 5.26. The molecule has 1 aliphatic carbocycles. The van der Waals surface area contributed by atoms with Crippen molar-refractivity contribution in [3.05, 3.63) is 48.5 Å². The molecule has 7 nitrogen and oxygen atoms in total. The Labute approximate surface area is 173 Å². The van der Waals surface area contributed by atoms with Crippen LogP contribution in [0.3, 0.4) is 0 Å². The number of ether oxygens (including phenoxy) is 1. The number of para-hydroxylation sites is 1. The zero-order valence-corrected chi connectivity index (χ0v) is 17.1. The average Bonchev–Trinajstić information content (AvgIpc) is 3.53. The standard InChI is InChI=1S/C21H23N3O4S/c1-24(2)21(27)29-18-9-4-3-8-17(18)23-19(25)13-28-16-7-5-6-15(12-16)22-20(26)14-10-11-14/h3-9,12,14H,10-11,13H2,1-2H3,(H,22,26)(H,23,25). The van der Waals surface area contributed by atoms with E-state index in [0.29, 0.717) is 22.0 Å². The molecule has 0 atom stereocenters. The van der Waals surface area contributed by atoms with Gasteiger partial charge in [-0.2, -0.15) is 0 Å². The van der Waals surface area contributed by atoms with E-state index < -0.39 is 0 Å². The lowest BCUT2D eigenvalue weighted by atomic mass is 10.3. The molecule has 1 fully saturated rings. The fraction of sp³-hybridized carbons (Fsp3) is 0.286. The monoisotopic (exact) mass is 413 g/mol. The zero-order chi connectivity index (χ0) is 20.8. The van der Waals surface area contributed by atoms with E-state index >= 15 is 0 Å². The summed E-state index contributed by atoms with van der Waals surface area (Å²) in [6, 6.07) is 14.0. The Balaban J connectivity index is 1.55. The summed E-state index contributed by atoms with van der Waals surface area (Å²) in [5.74, 6) is 0.269. The second-order valence-electron chi connectivity index (χ2n) is 6.89. The lowest BCUT2D eigenvalue weighted by Crippen LogP contribution is -2.21. The molecule has 29 heavy (non-hydrogen) atoms. The zero-order valence-electron chi connectivity index (χ0n) is 16.3. The van der Waals surface area contributed by atoms with Crippen molar-refractivity contribution in [3.8, 4) is 5.75 Å². The van der Waals surface area contributed by atoms with Gasteiger partial charge in [-0.1, -0.05) is 18.2 Å². The lowest BCUT2D eigenvalue weighted by Gasteiger charge is -2.13. The van der Waals surface area contributed by atoms with Gasteiger partial charge in [0.1, 0.15) is 5.75 Å². The van der Waals surface area contributed by atoms with Gasteiger partial charge in [-0.05, 0) is 48.9 Å². The molecule has 0 radical (unpaired) electrons. The molecular formula is C21H23N3O4S. The average molecular weight is 413 g/mol. The fourth-order valence-corrected chi connectivity index (χ4v) is 3.18. The summed E-state index contributed by atoms with van der Waals surface area (Å²) in [7, 11) is 3.34. The molecule has 0 unspecified atom stereocenters. The normalized spacial score (nSPS) is 12.8. The summed E-state index contributed by atoms with van der Waals surface area (Å²) in [5, 5.41) is 5.49. The van der Waals surface area contributed by atoms with E-state index in [1.165, 1.54) is 4.90 Å².